The van der Waals surface area contributed by atoms with Crippen LogP contribution in [-0.2, 0) is 14.8 Å². The molecule has 1 aliphatic heterocycles. The highest BCUT2D eigenvalue weighted by Gasteiger charge is 2.35. The third-order valence-corrected chi connectivity index (χ3v) is 6.78. The normalized spacial score (nSPS) is 19.5. The van der Waals surface area contributed by atoms with Crippen molar-refractivity contribution in [2.75, 3.05) is 27.2 Å². The van der Waals surface area contributed by atoms with E-state index in [0.717, 1.165) is 24.3 Å². The van der Waals surface area contributed by atoms with Crippen molar-refractivity contribution in [3.05, 3.63) is 15.8 Å². The molecule has 0 spiro atoms. The third-order valence-electron chi connectivity index (χ3n) is 3.47. The molecule has 20 heavy (non-hydrogen) atoms. The molecular weight excluding hydrogens is 300 g/mol. The number of nitrogens with zero attached hydrogens (tertiary/aromatic N) is 1. The lowest BCUT2D eigenvalue weighted by molar-refractivity contribution is 0.0602. The smallest absolute Gasteiger partial charge is 0.349 e. The predicted molar refractivity (Wildman–Crippen MR) is 76.6 cm³/mol. The van der Waals surface area contributed by atoms with Gasteiger partial charge in [0.25, 0.3) is 0 Å². The van der Waals surface area contributed by atoms with Gasteiger partial charge in [-0.05, 0) is 30.8 Å². The number of likely N-dealkylation sites (N-methyl/N-ethyl adjacent to an activating group) is 1. The molecule has 1 saturated heterocycles. The van der Waals surface area contributed by atoms with E-state index in [1.165, 1.54) is 11.4 Å². The van der Waals surface area contributed by atoms with E-state index < -0.39 is 16.0 Å². The summed E-state index contributed by atoms with van der Waals surface area (Å²) in [5, 5.41) is 4.81. The molecule has 1 aliphatic rings. The first kappa shape index (κ1) is 15.4. The van der Waals surface area contributed by atoms with Gasteiger partial charge in [-0.2, -0.15) is 4.31 Å². The second kappa shape index (κ2) is 5.80. The fourth-order valence-corrected chi connectivity index (χ4v) is 5.32. The molecule has 1 aromatic heterocycles. The zero-order valence-electron chi connectivity index (χ0n) is 11.7. The molecule has 6 nitrogen and oxygen atoms in total. The Bertz CT molecular complexity index is 603. The van der Waals surface area contributed by atoms with Gasteiger partial charge < -0.3 is 10.1 Å². The van der Waals surface area contributed by atoms with Gasteiger partial charge in [0, 0.05) is 19.6 Å². The van der Waals surface area contributed by atoms with Crippen molar-refractivity contribution in [1.82, 2.24) is 9.62 Å². The Balaban J connectivity index is 2.43. The van der Waals surface area contributed by atoms with Crippen LogP contribution in [0.3, 0.4) is 0 Å². The summed E-state index contributed by atoms with van der Waals surface area (Å²) in [6.45, 7) is 3.13. The van der Waals surface area contributed by atoms with Crippen LogP contribution in [0.25, 0.3) is 0 Å². The van der Waals surface area contributed by atoms with E-state index in [9.17, 15) is 13.2 Å². The van der Waals surface area contributed by atoms with Gasteiger partial charge in [-0.1, -0.05) is 0 Å². The van der Waals surface area contributed by atoms with Crippen molar-refractivity contribution < 1.29 is 17.9 Å². The lowest BCUT2D eigenvalue weighted by Gasteiger charge is -2.23. The molecule has 0 aromatic carbocycles. The third kappa shape index (κ3) is 2.60. The summed E-state index contributed by atoms with van der Waals surface area (Å²) in [7, 11) is -0.884. The Morgan fingerprint density at radius 2 is 2.25 bits per heavy atom. The average molecular weight is 318 g/mol. The number of thiophene rings is 1. The number of carbonyl (C=O) groups excluding carboxylic acids is 1. The minimum absolute atomic E-state index is 0.0729. The Morgan fingerprint density at radius 3 is 2.80 bits per heavy atom. The van der Waals surface area contributed by atoms with Gasteiger partial charge in [0.15, 0.2) is 0 Å². The lowest BCUT2D eigenvalue weighted by atomic mass is 10.3. The van der Waals surface area contributed by atoms with Crippen LogP contribution in [0.1, 0.15) is 21.7 Å². The number of rotatable bonds is 4. The summed E-state index contributed by atoms with van der Waals surface area (Å²) in [5.74, 6) is -0.611. The zero-order chi connectivity index (χ0) is 14.9. The van der Waals surface area contributed by atoms with Gasteiger partial charge in [0.05, 0.1) is 7.11 Å². The van der Waals surface area contributed by atoms with Gasteiger partial charge in [-0.25, -0.2) is 13.2 Å². The number of aryl methyl sites for hydroxylation is 1. The van der Waals surface area contributed by atoms with Crippen LogP contribution in [-0.4, -0.2) is 52.0 Å². The molecule has 2 heterocycles. The number of nitrogens with one attached hydrogen (secondary N) is 1. The van der Waals surface area contributed by atoms with E-state index in [-0.39, 0.29) is 15.8 Å². The molecule has 0 bridgehead atoms. The van der Waals surface area contributed by atoms with Crippen molar-refractivity contribution in [3.63, 3.8) is 0 Å². The summed E-state index contributed by atoms with van der Waals surface area (Å²) in [6.07, 6.45) is 0.770. The Hall–Kier alpha value is -0.960. The van der Waals surface area contributed by atoms with Gasteiger partial charge in [0.2, 0.25) is 10.0 Å². The fraction of sp³-hybridized carbons (Fsp3) is 0.583. The second-order valence-corrected chi connectivity index (χ2v) is 7.55. The SMILES string of the molecule is COC(=O)c1scc(C)c1S(=O)(=O)N(C)C1CCNC1. The number of ether oxygens (including phenoxy) is 1. The Kier molecular flexibility index (Phi) is 4.48. The molecule has 1 atom stereocenters. The predicted octanol–water partition coefficient (Wildman–Crippen LogP) is 0.826. The summed E-state index contributed by atoms with van der Waals surface area (Å²) in [4.78, 5) is 11.9. The zero-order valence-corrected chi connectivity index (χ0v) is 13.3. The van der Waals surface area contributed by atoms with Gasteiger partial charge in [-0.15, -0.1) is 11.3 Å². The second-order valence-electron chi connectivity index (χ2n) is 4.74. The van der Waals surface area contributed by atoms with E-state index in [1.54, 1.807) is 19.4 Å². The van der Waals surface area contributed by atoms with Crippen LogP contribution in [0.4, 0.5) is 0 Å². The van der Waals surface area contributed by atoms with E-state index in [4.69, 9.17) is 0 Å². The van der Waals surface area contributed by atoms with Crippen molar-refractivity contribution in [1.29, 1.82) is 0 Å². The Morgan fingerprint density at radius 1 is 1.55 bits per heavy atom. The molecule has 1 fully saturated rings. The molecule has 0 radical (unpaired) electrons. The van der Waals surface area contributed by atoms with Crippen LogP contribution in [0.5, 0.6) is 0 Å². The number of sulfonamides is 1. The van der Waals surface area contributed by atoms with Crippen LogP contribution < -0.4 is 5.32 Å². The first-order chi connectivity index (χ1) is 9.39. The molecular formula is C12H18N2O4S2. The topological polar surface area (TPSA) is 75.7 Å². The van der Waals surface area contributed by atoms with Crippen LogP contribution in [0, 0.1) is 6.92 Å². The molecule has 1 N–H and O–H groups in total. The molecule has 2 rings (SSSR count). The average Bonchev–Trinajstić information content (AvgIpc) is 3.05. The van der Waals surface area contributed by atoms with Crippen LogP contribution >= 0.6 is 11.3 Å². The van der Waals surface area contributed by atoms with Gasteiger partial charge in [0.1, 0.15) is 9.77 Å². The van der Waals surface area contributed by atoms with Gasteiger partial charge in [-0.3, -0.25) is 0 Å². The lowest BCUT2D eigenvalue weighted by Crippen LogP contribution is -2.38. The first-order valence-corrected chi connectivity index (χ1v) is 8.56. The number of methoxy groups -OCH3 is 1. The molecule has 0 saturated carbocycles. The van der Waals surface area contributed by atoms with Gasteiger partial charge >= 0.3 is 5.97 Å². The van der Waals surface area contributed by atoms with E-state index in [1.807, 2.05) is 0 Å². The molecule has 112 valence electrons. The number of carbonyl (C=O) groups is 1. The molecule has 0 aliphatic carbocycles. The Labute approximate surface area is 122 Å². The fourth-order valence-electron chi connectivity index (χ4n) is 2.28. The number of hydrogen-bond donors (Lipinski definition) is 1. The summed E-state index contributed by atoms with van der Waals surface area (Å²) in [6, 6.07) is -0.0789. The van der Waals surface area contributed by atoms with Crippen molar-refractivity contribution in [2.45, 2.75) is 24.3 Å². The summed E-state index contributed by atoms with van der Waals surface area (Å²) in [5.41, 5.74) is 0.577. The maximum absolute atomic E-state index is 12.7. The monoisotopic (exact) mass is 318 g/mol. The molecule has 0 amide bonds. The van der Waals surface area contributed by atoms with Crippen molar-refractivity contribution in [2.24, 2.45) is 0 Å². The largest absolute Gasteiger partial charge is 0.465 e. The highest BCUT2D eigenvalue weighted by Crippen LogP contribution is 2.31. The van der Waals surface area contributed by atoms with Crippen LogP contribution in [0.2, 0.25) is 0 Å². The maximum Gasteiger partial charge on any atom is 0.349 e. The highest BCUT2D eigenvalue weighted by atomic mass is 32.2. The quantitative estimate of drug-likeness (QED) is 0.832. The standard InChI is InChI=1S/C12H18N2O4S2/c1-8-7-19-10(12(15)18-3)11(8)20(16,17)14(2)9-4-5-13-6-9/h7,9,13H,4-6H2,1-3H3. The maximum atomic E-state index is 12.7. The van der Waals surface area contributed by atoms with E-state index >= 15 is 0 Å². The first-order valence-electron chi connectivity index (χ1n) is 6.24. The molecule has 1 unspecified atom stereocenters. The van der Waals surface area contributed by atoms with E-state index in [0.29, 0.717) is 12.1 Å². The molecule has 8 heteroatoms. The summed E-state index contributed by atoms with van der Waals surface area (Å²) < 4.78 is 31.5. The summed E-state index contributed by atoms with van der Waals surface area (Å²) >= 11 is 1.10. The molecule has 1 aromatic rings. The number of esters is 1. The van der Waals surface area contributed by atoms with E-state index in [2.05, 4.69) is 10.1 Å². The minimum atomic E-state index is -3.69. The van der Waals surface area contributed by atoms with Crippen molar-refractivity contribution in [3.8, 4) is 0 Å². The van der Waals surface area contributed by atoms with Crippen molar-refractivity contribution >= 4 is 27.3 Å². The highest BCUT2D eigenvalue weighted by molar-refractivity contribution is 7.89. The number of hydrogen-bond acceptors (Lipinski definition) is 6. The van der Waals surface area contributed by atoms with Crippen LogP contribution in [0.15, 0.2) is 10.3 Å². The minimum Gasteiger partial charge on any atom is -0.465 e.